The molecule has 0 spiro atoms. The molecule has 0 N–H and O–H groups in total. The van der Waals surface area contributed by atoms with Gasteiger partial charge in [-0.25, -0.2) is 4.79 Å². The first-order chi connectivity index (χ1) is 12.2. The van der Waals surface area contributed by atoms with E-state index >= 15 is 0 Å². The lowest BCUT2D eigenvalue weighted by atomic mass is 9.74. The lowest BCUT2D eigenvalue weighted by Crippen LogP contribution is -2.47. The first-order valence-corrected chi connectivity index (χ1v) is 9.31. The Balaban J connectivity index is 3.09. The van der Waals surface area contributed by atoms with Crippen LogP contribution in [0.5, 0.6) is 5.75 Å². The first-order valence-electron chi connectivity index (χ1n) is 9.31. The fourth-order valence-corrected chi connectivity index (χ4v) is 3.03. The molecule has 0 aliphatic rings. The summed E-state index contributed by atoms with van der Waals surface area (Å²) in [6, 6.07) is 7.53. The highest BCUT2D eigenvalue weighted by molar-refractivity contribution is 5.89. The number of benzene rings is 1. The summed E-state index contributed by atoms with van der Waals surface area (Å²) in [6.45, 7) is 15.6. The Bertz CT molecular complexity index is 648. The highest BCUT2D eigenvalue weighted by Crippen LogP contribution is 2.31. The minimum Gasteiger partial charge on any atom is -0.497 e. The van der Waals surface area contributed by atoms with E-state index in [-0.39, 0.29) is 12.3 Å². The number of ketones is 1. The molecule has 5 heteroatoms. The molecule has 5 nitrogen and oxygen atoms in total. The van der Waals surface area contributed by atoms with E-state index in [1.54, 1.807) is 12.0 Å². The van der Waals surface area contributed by atoms with Crippen LogP contribution in [0, 0.1) is 10.8 Å². The van der Waals surface area contributed by atoms with Gasteiger partial charge in [-0.2, -0.15) is 0 Å². The van der Waals surface area contributed by atoms with Gasteiger partial charge in [0.05, 0.1) is 7.11 Å². The van der Waals surface area contributed by atoms with Crippen molar-refractivity contribution in [1.29, 1.82) is 0 Å². The lowest BCUT2D eigenvalue weighted by Gasteiger charge is -2.36. The van der Waals surface area contributed by atoms with Crippen molar-refractivity contribution in [2.24, 2.45) is 10.8 Å². The second-order valence-electron chi connectivity index (χ2n) is 9.65. The van der Waals surface area contributed by atoms with E-state index in [0.29, 0.717) is 6.54 Å². The Hall–Kier alpha value is -2.04. The Morgan fingerprint density at radius 3 is 1.85 bits per heavy atom. The molecule has 27 heavy (non-hydrogen) atoms. The van der Waals surface area contributed by atoms with E-state index in [4.69, 9.17) is 9.47 Å². The molecule has 0 unspecified atom stereocenters. The Labute approximate surface area is 164 Å². The van der Waals surface area contributed by atoms with Crippen molar-refractivity contribution in [3.05, 3.63) is 29.8 Å². The van der Waals surface area contributed by atoms with Crippen molar-refractivity contribution in [3.8, 4) is 5.75 Å². The monoisotopic (exact) mass is 377 g/mol. The van der Waals surface area contributed by atoms with Crippen LogP contribution in [0.4, 0.5) is 4.79 Å². The summed E-state index contributed by atoms with van der Waals surface area (Å²) >= 11 is 0. The molecule has 0 aliphatic carbocycles. The molecule has 0 aromatic heterocycles. The standard InChI is InChI=1S/C22H35NO4/c1-20(2,3)18(24)22(7,8)15-23(19(25)27-21(4,5)6)14-16-10-12-17(26-9)13-11-16/h10-13H,14-15H2,1-9H3. The van der Waals surface area contributed by atoms with Crippen molar-refractivity contribution >= 4 is 11.9 Å². The van der Waals surface area contributed by atoms with E-state index in [1.807, 2.05) is 79.7 Å². The maximum atomic E-state index is 12.9. The molecular weight excluding hydrogens is 342 g/mol. The predicted molar refractivity (Wildman–Crippen MR) is 108 cm³/mol. The number of nitrogens with zero attached hydrogens (tertiary/aromatic N) is 1. The van der Waals surface area contributed by atoms with Gasteiger partial charge in [-0.3, -0.25) is 4.79 Å². The van der Waals surface area contributed by atoms with Crippen molar-refractivity contribution in [1.82, 2.24) is 4.90 Å². The van der Waals surface area contributed by atoms with Gasteiger partial charge < -0.3 is 14.4 Å². The van der Waals surface area contributed by atoms with E-state index in [2.05, 4.69) is 0 Å². The molecule has 1 aromatic rings. The summed E-state index contributed by atoms with van der Waals surface area (Å²) in [5.41, 5.74) is -0.834. The lowest BCUT2D eigenvalue weighted by molar-refractivity contribution is -0.135. The highest BCUT2D eigenvalue weighted by atomic mass is 16.6. The van der Waals surface area contributed by atoms with Crippen LogP contribution < -0.4 is 4.74 Å². The zero-order valence-corrected chi connectivity index (χ0v) is 18.3. The second-order valence-corrected chi connectivity index (χ2v) is 9.65. The summed E-state index contributed by atoms with van der Waals surface area (Å²) in [6.07, 6.45) is -0.423. The molecule has 1 rings (SSSR count). The number of carbonyl (C=O) groups excluding carboxylic acids is 2. The molecular formula is C22H35NO4. The minimum absolute atomic E-state index is 0.110. The van der Waals surface area contributed by atoms with Gasteiger partial charge in [0.1, 0.15) is 17.1 Å². The van der Waals surface area contributed by atoms with Crippen LogP contribution in [-0.4, -0.2) is 36.0 Å². The molecule has 0 atom stereocenters. The predicted octanol–water partition coefficient (Wildman–Crippen LogP) is 5.07. The van der Waals surface area contributed by atoms with E-state index < -0.39 is 22.5 Å². The molecule has 0 fully saturated rings. The summed E-state index contributed by atoms with van der Waals surface area (Å²) in [5.74, 6) is 0.865. The molecule has 0 saturated carbocycles. The molecule has 152 valence electrons. The van der Waals surface area contributed by atoms with Crippen LogP contribution in [0.25, 0.3) is 0 Å². The maximum Gasteiger partial charge on any atom is 0.410 e. The Morgan fingerprint density at radius 1 is 0.926 bits per heavy atom. The number of Topliss-reactive ketones (excluding diaryl/α,β-unsaturated/α-hetero) is 1. The number of hydrogen-bond acceptors (Lipinski definition) is 4. The van der Waals surface area contributed by atoms with Gasteiger partial charge in [-0.15, -0.1) is 0 Å². The number of amides is 1. The van der Waals surface area contributed by atoms with Gasteiger partial charge in [0.2, 0.25) is 0 Å². The Morgan fingerprint density at radius 2 is 1.44 bits per heavy atom. The minimum atomic E-state index is -0.693. The summed E-state index contributed by atoms with van der Waals surface area (Å²) in [5, 5.41) is 0. The number of ether oxygens (including phenoxy) is 2. The van der Waals surface area contributed by atoms with Gasteiger partial charge in [-0.1, -0.05) is 46.8 Å². The van der Waals surface area contributed by atoms with E-state index in [0.717, 1.165) is 11.3 Å². The third-order valence-corrected chi connectivity index (χ3v) is 4.07. The third-order valence-electron chi connectivity index (χ3n) is 4.07. The zero-order valence-electron chi connectivity index (χ0n) is 18.3. The van der Waals surface area contributed by atoms with Crippen molar-refractivity contribution < 1.29 is 19.1 Å². The van der Waals surface area contributed by atoms with Crippen LogP contribution >= 0.6 is 0 Å². The van der Waals surface area contributed by atoms with Gasteiger partial charge in [0.15, 0.2) is 0 Å². The topological polar surface area (TPSA) is 55.8 Å². The number of carbonyl (C=O) groups is 2. The molecule has 0 saturated heterocycles. The molecule has 1 amide bonds. The van der Waals surface area contributed by atoms with Gasteiger partial charge >= 0.3 is 6.09 Å². The fourth-order valence-electron chi connectivity index (χ4n) is 3.03. The largest absolute Gasteiger partial charge is 0.497 e. The number of hydrogen-bond donors (Lipinski definition) is 0. The van der Waals surface area contributed by atoms with E-state index in [1.165, 1.54) is 0 Å². The van der Waals surface area contributed by atoms with Crippen molar-refractivity contribution in [2.75, 3.05) is 13.7 Å². The first kappa shape index (κ1) is 23.0. The second kappa shape index (κ2) is 8.32. The van der Waals surface area contributed by atoms with Crippen LogP contribution in [0.1, 0.15) is 61.0 Å². The van der Waals surface area contributed by atoms with Crippen molar-refractivity contribution in [2.45, 2.75) is 67.5 Å². The zero-order chi connectivity index (χ0) is 21.0. The van der Waals surface area contributed by atoms with Crippen LogP contribution in [0.2, 0.25) is 0 Å². The smallest absolute Gasteiger partial charge is 0.410 e. The SMILES string of the molecule is COc1ccc(CN(CC(C)(C)C(=O)C(C)(C)C)C(=O)OC(C)(C)C)cc1. The van der Waals surface area contributed by atoms with E-state index in [9.17, 15) is 9.59 Å². The van der Waals surface area contributed by atoms with Crippen LogP contribution in [0.3, 0.4) is 0 Å². The molecule has 0 radical (unpaired) electrons. The Kier molecular flexibility index (Phi) is 7.09. The molecule has 0 aliphatic heterocycles. The third kappa shape index (κ3) is 7.24. The summed E-state index contributed by atoms with van der Waals surface area (Å²) in [7, 11) is 1.61. The van der Waals surface area contributed by atoms with Gasteiger partial charge in [0, 0.05) is 23.9 Å². The quantitative estimate of drug-likeness (QED) is 0.694. The molecule has 1 aromatic carbocycles. The average Bonchev–Trinajstić information content (AvgIpc) is 2.51. The number of rotatable bonds is 6. The summed E-state index contributed by atoms with van der Waals surface area (Å²) in [4.78, 5) is 27.3. The fraction of sp³-hybridized carbons (Fsp3) is 0.636. The van der Waals surface area contributed by atoms with Gasteiger partial charge in [0.25, 0.3) is 0 Å². The highest BCUT2D eigenvalue weighted by Gasteiger charge is 2.39. The maximum absolute atomic E-state index is 12.9. The normalized spacial score (nSPS) is 12.5. The molecule has 0 heterocycles. The van der Waals surface area contributed by atoms with Gasteiger partial charge in [-0.05, 0) is 38.5 Å². The molecule has 0 bridgehead atoms. The van der Waals surface area contributed by atoms with Crippen LogP contribution in [0.15, 0.2) is 24.3 Å². The van der Waals surface area contributed by atoms with Crippen molar-refractivity contribution in [3.63, 3.8) is 0 Å². The average molecular weight is 378 g/mol. The van der Waals surface area contributed by atoms with Crippen LogP contribution in [-0.2, 0) is 16.1 Å². The number of methoxy groups -OCH3 is 1. The summed E-state index contributed by atoms with van der Waals surface area (Å²) < 4.78 is 10.8.